The Morgan fingerprint density at radius 2 is 2.05 bits per heavy atom. The Labute approximate surface area is 126 Å². The molecule has 1 aromatic carbocycles. The van der Waals surface area contributed by atoms with E-state index in [4.69, 9.17) is 10.5 Å². The van der Waals surface area contributed by atoms with Crippen LogP contribution in [0.3, 0.4) is 0 Å². The summed E-state index contributed by atoms with van der Waals surface area (Å²) in [5, 5.41) is 0. The maximum atomic E-state index is 11.8. The third-order valence-corrected chi connectivity index (χ3v) is 5.35. The van der Waals surface area contributed by atoms with Gasteiger partial charge in [0.1, 0.15) is 4.90 Å². The fraction of sp³-hybridized carbons (Fsp3) is 0.571. The molecule has 1 aliphatic heterocycles. The molecule has 0 aliphatic carbocycles. The molecular weight excluding hydrogens is 290 g/mol. The molecule has 1 heterocycles. The number of sulfonamides is 1. The van der Waals surface area contributed by atoms with Crippen molar-refractivity contribution in [3.8, 4) is 0 Å². The molecule has 1 aromatic rings. The van der Waals surface area contributed by atoms with Crippen LogP contribution in [0.15, 0.2) is 23.1 Å². The van der Waals surface area contributed by atoms with E-state index < -0.39 is 10.0 Å². The summed E-state index contributed by atoms with van der Waals surface area (Å²) < 4.78 is 31.2. The van der Waals surface area contributed by atoms with E-state index in [2.05, 4.69) is 9.62 Å². The highest BCUT2D eigenvalue weighted by Crippen LogP contribution is 2.26. The Morgan fingerprint density at radius 3 is 2.62 bits per heavy atom. The van der Waals surface area contributed by atoms with E-state index in [1.807, 2.05) is 7.05 Å². The Morgan fingerprint density at radius 1 is 1.38 bits per heavy atom. The SMILES string of the molecule is CNS(=O)(=O)c1ccc(N(C)CC2CCOCC2)cc1N. The van der Waals surface area contributed by atoms with E-state index in [-0.39, 0.29) is 10.6 Å². The largest absolute Gasteiger partial charge is 0.398 e. The lowest BCUT2D eigenvalue weighted by Crippen LogP contribution is -2.29. The first-order valence-electron chi connectivity index (χ1n) is 7.06. The molecule has 0 atom stereocenters. The smallest absolute Gasteiger partial charge is 0.242 e. The number of anilines is 2. The zero-order valence-corrected chi connectivity index (χ0v) is 13.3. The van der Waals surface area contributed by atoms with Crippen molar-refractivity contribution in [2.24, 2.45) is 5.92 Å². The minimum Gasteiger partial charge on any atom is -0.398 e. The van der Waals surface area contributed by atoms with Gasteiger partial charge in [0.05, 0.1) is 5.69 Å². The van der Waals surface area contributed by atoms with Gasteiger partial charge in [0.15, 0.2) is 0 Å². The lowest BCUT2D eigenvalue weighted by atomic mass is 10.00. The molecule has 118 valence electrons. The average molecular weight is 313 g/mol. The number of nitrogen functional groups attached to an aromatic ring is 1. The zero-order chi connectivity index (χ0) is 15.5. The van der Waals surface area contributed by atoms with Gasteiger partial charge in [-0.3, -0.25) is 0 Å². The van der Waals surface area contributed by atoms with Crippen LogP contribution in [-0.2, 0) is 14.8 Å². The minimum absolute atomic E-state index is 0.119. The predicted octanol–water partition coefficient (Wildman–Crippen LogP) is 1.04. The van der Waals surface area contributed by atoms with Crippen molar-refractivity contribution in [1.82, 2.24) is 4.72 Å². The van der Waals surface area contributed by atoms with Crippen LogP contribution in [0.4, 0.5) is 11.4 Å². The highest BCUT2D eigenvalue weighted by atomic mass is 32.2. The standard InChI is InChI=1S/C14H23N3O3S/c1-16-21(18,19)14-4-3-12(9-13(14)15)17(2)10-11-5-7-20-8-6-11/h3-4,9,11,16H,5-8,10,15H2,1-2H3. The van der Waals surface area contributed by atoms with Gasteiger partial charge in [-0.05, 0) is 44.0 Å². The number of nitrogens with zero attached hydrogens (tertiary/aromatic N) is 1. The maximum absolute atomic E-state index is 11.8. The molecule has 0 spiro atoms. The maximum Gasteiger partial charge on any atom is 0.242 e. The van der Waals surface area contributed by atoms with E-state index in [1.165, 1.54) is 7.05 Å². The molecule has 1 saturated heterocycles. The highest BCUT2D eigenvalue weighted by molar-refractivity contribution is 7.89. The van der Waals surface area contributed by atoms with Crippen molar-refractivity contribution in [3.63, 3.8) is 0 Å². The van der Waals surface area contributed by atoms with Crippen molar-refractivity contribution in [2.75, 3.05) is 44.5 Å². The van der Waals surface area contributed by atoms with E-state index in [1.54, 1.807) is 18.2 Å². The van der Waals surface area contributed by atoms with E-state index in [9.17, 15) is 8.42 Å². The molecule has 7 heteroatoms. The number of ether oxygens (including phenoxy) is 1. The molecule has 21 heavy (non-hydrogen) atoms. The Bertz CT molecular complexity index is 583. The monoisotopic (exact) mass is 313 g/mol. The fourth-order valence-corrected chi connectivity index (χ4v) is 3.39. The van der Waals surface area contributed by atoms with E-state index in [0.29, 0.717) is 5.92 Å². The van der Waals surface area contributed by atoms with Crippen molar-refractivity contribution in [2.45, 2.75) is 17.7 Å². The van der Waals surface area contributed by atoms with Crippen molar-refractivity contribution in [1.29, 1.82) is 0 Å². The third kappa shape index (κ3) is 3.87. The fourth-order valence-electron chi connectivity index (χ4n) is 2.55. The summed E-state index contributed by atoms with van der Waals surface area (Å²) in [4.78, 5) is 2.23. The van der Waals surface area contributed by atoms with Crippen LogP contribution >= 0.6 is 0 Å². The minimum atomic E-state index is -3.51. The second-order valence-corrected chi connectivity index (χ2v) is 7.22. The van der Waals surface area contributed by atoms with E-state index in [0.717, 1.165) is 38.3 Å². The molecule has 0 saturated carbocycles. The van der Waals surface area contributed by atoms with Crippen LogP contribution in [0, 0.1) is 5.92 Å². The summed E-state index contributed by atoms with van der Waals surface area (Å²) in [5.74, 6) is 0.602. The zero-order valence-electron chi connectivity index (χ0n) is 12.5. The van der Waals surface area contributed by atoms with Gasteiger partial charge in [-0.1, -0.05) is 0 Å². The summed E-state index contributed by atoms with van der Waals surface area (Å²) >= 11 is 0. The second-order valence-electron chi connectivity index (χ2n) is 5.37. The number of hydrogen-bond donors (Lipinski definition) is 2. The molecular formula is C14H23N3O3S. The summed E-state index contributed by atoms with van der Waals surface area (Å²) in [5.41, 5.74) is 7.08. The number of nitrogens with two attached hydrogens (primary N) is 1. The average Bonchev–Trinajstić information content (AvgIpc) is 2.48. The first kappa shape index (κ1) is 16.1. The number of nitrogens with one attached hydrogen (secondary N) is 1. The number of rotatable bonds is 5. The Balaban J connectivity index is 2.12. The summed E-state index contributed by atoms with van der Waals surface area (Å²) in [6.45, 7) is 2.56. The predicted molar refractivity (Wildman–Crippen MR) is 83.9 cm³/mol. The third-order valence-electron chi connectivity index (χ3n) is 3.87. The van der Waals surface area contributed by atoms with E-state index >= 15 is 0 Å². The quantitative estimate of drug-likeness (QED) is 0.794. The van der Waals surface area contributed by atoms with Crippen LogP contribution in [0.2, 0.25) is 0 Å². The van der Waals surface area contributed by atoms with Crippen molar-refractivity contribution >= 4 is 21.4 Å². The molecule has 0 radical (unpaired) electrons. The van der Waals surface area contributed by atoms with Gasteiger partial charge in [-0.2, -0.15) is 0 Å². The molecule has 6 nitrogen and oxygen atoms in total. The first-order valence-corrected chi connectivity index (χ1v) is 8.54. The van der Waals surface area contributed by atoms with Crippen LogP contribution < -0.4 is 15.4 Å². The van der Waals surface area contributed by atoms with Gasteiger partial charge in [0, 0.05) is 32.5 Å². The number of hydrogen-bond acceptors (Lipinski definition) is 5. The van der Waals surface area contributed by atoms with Crippen molar-refractivity contribution in [3.05, 3.63) is 18.2 Å². The molecule has 1 aliphatic rings. The molecule has 0 amide bonds. The topological polar surface area (TPSA) is 84.7 Å². The highest BCUT2D eigenvalue weighted by Gasteiger charge is 2.18. The molecule has 0 unspecified atom stereocenters. The van der Waals surface area contributed by atoms with Gasteiger partial charge >= 0.3 is 0 Å². The van der Waals surface area contributed by atoms with Crippen LogP contribution in [-0.4, -0.2) is 42.3 Å². The van der Waals surface area contributed by atoms with Crippen LogP contribution in [0.5, 0.6) is 0 Å². The van der Waals surface area contributed by atoms with Crippen molar-refractivity contribution < 1.29 is 13.2 Å². The van der Waals surface area contributed by atoms with Gasteiger partial charge in [-0.25, -0.2) is 13.1 Å². The van der Waals surface area contributed by atoms with Crippen LogP contribution in [0.25, 0.3) is 0 Å². The summed E-state index contributed by atoms with van der Waals surface area (Å²) in [6.07, 6.45) is 2.12. The lowest BCUT2D eigenvalue weighted by molar-refractivity contribution is 0.0685. The Kier molecular flexibility index (Phi) is 5.08. The summed E-state index contributed by atoms with van der Waals surface area (Å²) in [6, 6.07) is 5.06. The van der Waals surface area contributed by atoms with Gasteiger partial charge in [-0.15, -0.1) is 0 Å². The molecule has 0 bridgehead atoms. The lowest BCUT2D eigenvalue weighted by Gasteiger charge is -2.28. The second kappa shape index (κ2) is 6.64. The van der Waals surface area contributed by atoms with Gasteiger partial charge in [0.2, 0.25) is 10.0 Å². The molecule has 1 fully saturated rings. The molecule has 2 rings (SSSR count). The number of benzene rings is 1. The Hall–Kier alpha value is -1.31. The van der Waals surface area contributed by atoms with Gasteiger partial charge < -0.3 is 15.4 Å². The van der Waals surface area contributed by atoms with Crippen LogP contribution in [0.1, 0.15) is 12.8 Å². The molecule has 0 aromatic heterocycles. The van der Waals surface area contributed by atoms with Gasteiger partial charge in [0.25, 0.3) is 0 Å². The normalized spacial score (nSPS) is 16.9. The molecule has 3 N–H and O–H groups in total. The first-order chi connectivity index (χ1) is 9.94. The summed E-state index contributed by atoms with van der Waals surface area (Å²) in [7, 11) is -0.137.